The molecule has 1 aromatic heterocycles. The first-order valence-corrected chi connectivity index (χ1v) is 7.56. The standard InChI is InChI=1S/C11H12ClNO5S/c1-16-11-6-9-7(5-8(11)12)10(18-13-9)3-4-17-19(2,14)15/h5-6H,3-4H2,1-2H3. The van der Waals surface area contributed by atoms with Crippen molar-refractivity contribution in [2.75, 3.05) is 20.0 Å². The predicted octanol–water partition coefficient (Wildman–Crippen LogP) is 2.01. The number of rotatable bonds is 5. The lowest BCUT2D eigenvalue weighted by molar-refractivity contribution is 0.302. The number of methoxy groups -OCH3 is 1. The third-order valence-corrected chi connectivity index (χ3v) is 3.34. The van der Waals surface area contributed by atoms with Crippen LogP contribution >= 0.6 is 11.6 Å². The van der Waals surface area contributed by atoms with Crippen LogP contribution in [0, 0.1) is 0 Å². The first-order chi connectivity index (χ1) is 8.90. The number of halogens is 1. The van der Waals surface area contributed by atoms with Crippen molar-refractivity contribution in [2.24, 2.45) is 0 Å². The lowest BCUT2D eigenvalue weighted by Crippen LogP contribution is -2.05. The highest BCUT2D eigenvalue weighted by Crippen LogP contribution is 2.31. The van der Waals surface area contributed by atoms with Gasteiger partial charge < -0.3 is 9.26 Å². The number of benzene rings is 1. The van der Waals surface area contributed by atoms with Gasteiger partial charge in [-0.15, -0.1) is 0 Å². The molecule has 0 unspecified atom stereocenters. The molecule has 0 amide bonds. The van der Waals surface area contributed by atoms with E-state index in [1.54, 1.807) is 12.1 Å². The minimum atomic E-state index is -3.46. The Balaban J connectivity index is 2.23. The van der Waals surface area contributed by atoms with E-state index < -0.39 is 10.1 Å². The van der Waals surface area contributed by atoms with Crippen LogP contribution in [0.25, 0.3) is 10.9 Å². The summed E-state index contributed by atoms with van der Waals surface area (Å²) in [6.45, 7) is -0.00717. The van der Waals surface area contributed by atoms with Gasteiger partial charge in [-0.3, -0.25) is 4.18 Å². The fraction of sp³-hybridized carbons (Fsp3) is 0.364. The lowest BCUT2D eigenvalue weighted by Gasteiger charge is -2.02. The quantitative estimate of drug-likeness (QED) is 0.786. The summed E-state index contributed by atoms with van der Waals surface area (Å²) < 4.78 is 36.6. The number of ether oxygens (including phenoxy) is 1. The van der Waals surface area contributed by atoms with E-state index >= 15 is 0 Å². The summed E-state index contributed by atoms with van der Waals surface area (Å²) in [5.74, 6) is 1.02. The Labute approximate surface area is 115 Å². The minimum absolute atomic E-state index is 0.00717. The van der Waals surface area contributed by atoms with Crippen molar-refractivity contribution in [3.05, 3.63) is 22.9 Å². The fourth-order valence-electron chi connectivity index (χ4n) is 1.62. The van der Waals surface area contributed by atoms with E-state index in [4.69, 9.17) is 20.9 Å². The average Bonchev–Trinajstić information content (AvgIpc) is 2.69. The van der Waals surface area contributed by atoms with Gasteiger partial charge in [0.2, 0.25) is 0 Å². The van der Waals surface area contributed by atoms with Crippen LogP contribution in [0.3, 0.4) is 0 Å². The second kappa shape index (κ2) is 5.36. The number of fused-ring (bicyclic) bond motifs is 1. The molecule has 2 aromatic rings. The highest BCUT2D eigenvalue weighted by Gasteiger charge is 2.13. The van der Waals surface area contributed by atoms with Gasteiger partial charge in [0.25, 0.3) is 10.1 Å². The van der Waals surface area contributed by atoms with Gasteiger partial charge in [-0.1, -0.05) is 16.8 Å². The molecule has 0 aliphatic rings. The Bertz CT molecular complexity index is 694. The molecule has 0 atom stereocenters. The van der Waals surface area contributed by atoms with Crippen molar-refractivity contribution in [3.63, 3.8) is 0 Å². The summed E-state index contributed by atoms with van der Waals surface area (Å²) in [6, 6.07) is 3.32. The molecule has 0 saturated carbocycles. The van der Waals surface area contributed by atoms with Crippen LogP contribution in [-0.4, -0.2) is 33.5 Å². The summed E-state index contributed by atoms with van der Waals surface area (Å²) in [4.78, 5) is 0. The van der Waals surface area contributed by atoms with Gasteiger partial charge in [-0.2, -0.15) is 8.42 Å². The summed E-state index contributed by atoms with van der Waals surface area (Å²) in [5.41, 5.74) is 0.593. The highest BCUT2D eigenvalue weighted by atomic mass is 35.5. The van der Waals surface area contributed by atoms with Gasteiger partial charge in [0.05, 0.1) is 25.0 Å². The van der Waals surface area contributed by atoms with Crippen molar-refractivity contribution in [2.45, 2.75) is 6.42 Å². The molecule has 19 heavy (non-hydrogen) atoms. The van der Waals surface area contributed by atoms with E-state index in [1.165, 1.54) is 7.11 Å². The van der Waals surface area contributed by atoms with Crippen LogP contribution in [0.2, 0.25) is 5.02 Å². The first kappa shape index (κ1) is 14.1. The zero-order valence-electron chi connectivity index (χ0n) is 10.3. The molecule has 104 valence electrons. The molecule has 1 aromatic carbocycles. The van der Waals surface area contributed by atoms with Gasteiger partial charge >= 0.3 is 0 Å². The lowest BCUT2D eigenvalue weighted by atomic mass is 10.2. The number of hydrogen-bond donors (Lipinski definition) is 0. The molecule has 0 aliphatic heterocycles. The second-order valence-corrected chi connectivity index (χ2v) is 5.94. The van der Waals surface area contributed by atoms with Crippen LogP contribution in [0.15, 0.2) is 16.7 Å². The van der Waals surface area contributed by atoms with Gasteiger partial charge in [-0.05, 0) is 6.07 Å². The van der Waals surface area contributed by atoms with E-state index in [1.807, 2.05) is 0 Å². The molecular weight excluding hydrogens is 294 g/mol. The monoisotopic (exact) mass is 305 g/mol. The zero-order valence-corrected chi connectivity index (χ0v) is 11.9. The van der Waals surface area contributed by atoms with Crippen LogP contribution in [0.5, 0.6) is 5.75 Å². The van der Waals surface area contributed by atoms with Gasteiger partial charge in [0.15, 0.2) is 0 Å². The van der Waals surface area contributed by atoms with E-state index in [0.29, 0.717) is 27.4 Å². The molecule has 0 fully saturated rings. The summed E-state index contributed by atoms with van der Waals surface area (Å²) in [6.07, 6.45) is 1.28. The number of nitrogens with zero attached hydrogens (tertiary/aromatic N) is 1. The fourth-order valence-corrected chi connectivity index (χ4v) is 2.24. The largest absolute Gasteiger partial charge is 0.495 e. The molecule has 0 aliphatic carbocycles. The highest BCUT2D eigenvalue weighted by molar-refractivity contribution is 7.85. The van der Waals surface area contributed by atoms with E-state index in [0.717, 1.165) is 6.26 Å². The van der Waals surface area contributed by atoms with E-state index in [9.17, 15) is 8.42 Å². The first-order valence-electron chi connectivity index (χ1n) is 5.37. The molecule has 1 heterocycles. The summed E-state index contributed by atoms with van der Waals surface area (Å²) >= 11 is 6.02. The van der Waals surface area contributed by atoms with Crippen molar-refractivity contribution < 1.29 is 21.9 Å². The average molecular weight is 306 g/mol. The Morgan fingerprint density at radius 3 is 2.79 bits per heavy atom. The number of hydrogen-bond acceptors (Lipinski definition) is 6. The Morgan fingerprint density at radius 2 is 2.16 bits per heavy atom. The van der Waals surface area contributed by atoms with E-state index in [-0.39, 0.29) is 13.0 Å². The third kappa shape index (κ3) is 3.37. The maximum Gasteiger partial charge on any atom is 0.264 e. The molecule has 0 N–H and O–H groups in total. The smallest absolute Gasteiger partial charge is 0.264 e. The third-order valence-electron chi connectivity index (χ3n) is 2.45. The van der Waals surface area contributed by atoms with Crippen molar-refractivity contribution in [1.82, 2.24) is 5.16 Å². The molecule has 0 saturated heterocycles. The molecule has 0 spiro atoms. The minimum Gasteiger partial charge on any atom is -0.495 e. The Kier molecular flexibility index (Phi) is 3.98. The molecule has 2 rings (SSSR count). The van der Waals surface area contributed by atoms with Crippen LogP contribution in [0.4, 0.5) is 0 Å². The predicted molar refractivity (Wildman–Crippen MR) is 70.1 cm³/mol. The maximum absolute atomic E-state index is 10.9. The summed E-state index contributed by atoms with van der Waals surface area (Å²) in [7, 11) is -1.95. The van der Waals surface area contributed by atoms with Crippen molar-refractivity contribution >= 4 is 32.6 Å². The molecule has 6 nitrogen and oxygen atoms in total. The summed E-state index contributed by atoms with van der Waals surface area (Å²) in [5, 5.41) is 5.01. The van der Waals surface area contributed by atoms with E-state index in [2.05, 4.69) is 9.34 Å². The van der Waals surface area contributed by atoms with Crippen molar-refractivity contribution in [1.29, 1.82) is 0 Å². The zero-order chi connectivity index (χ0) is 14.0. The molecule has 0 radical (unpaired) electrons. The number of aromatic nitrogens is 1. The van der Waals surface area contributed by atoms with Crippen molar-refractivity contribution in [3.8, 4) is 5.75 Å². The van der Waals surface area contributed by atoms with Gasteiger partial charge in [0, 0.05) is 17.9 Å². The molecular formula is C11H12ClNO5S. The molecule has 0 bridgehead atoms. The van der Waals surface area contributed by atoms with Crippen LogP contribution < -0.4 is 4.74 Å². The maximum atomic E-state index is 10.9. The second-order valence-electron chi connectivity index (χ2n) is 3.89. The van der Waals surface area contributed by atoms with Crippen LogP contribution in [-0.2, 0) is 20.7 Å². The SMILES string of the molecule is COc1cc2noc(CCOS(C)(=O)=O)c2cc1Cl. The normalized spacial score (nSPS) is 11.9. The van der Waals surface area contributed by atoms with Gasteiger partial charge in [0.1, 0.15) is 17.0 Å². The topological polar surface area (TPSA) is 78.6 Å². The Hall–Kier alpha value is -1.31. The molecule has 8 heteroatoms. The Morgan fingerprint density at radius 1 is 1.42 bits per heavy atom. The van der Waals surface area contributed by atoms with Crippen LogP contribution in [0.1, 0.15) is 5.76 Å². The van der Waals surface area contributed by atoms with Gasteiger partial charge in [-0.25, -0.2) is 0 Å².